The van der Waals surface area contributed by atoms with Gasteiger partial charge in [0.25, 0.3) is 0 Å². The van der Waals surface area contributed by atoms with Gasteiger partial charge in [0, 0.05) is 12.6 Å². The Bertz CT molecular complexity index is 389. The lowest BCUT2D eigenvalue weighted by Crippen LogP contribution is -2.32. The number of carbonyl (C=O) groups is 1. The van der Waals surface area contributed by atoms with E-state index in [0.717, 1.165) is 12.4 Å². The van der Waals surface area contributed by atoms with Gasteiger partial charge in [-0.3, -0.25) is 9.69 Å². The van der Waals surface area contributed by atoms with Crippen LogP contribution in [0.2, 0.25) is 0 Å². The Morgan fingerprint density at radius 3 is 2.67 bits per heavy atom. The van der Waals surface area contributed by atoms with Gasteiger partial charge in [-0.2, -0.15) is 5.10 Å². The molecule has 1 rings (SSSR count). The van der Waals surface area contributed by atoms with E-state index in [9.17, 15) is 4.79 Å². The number of aromatic nitrogens is 3. The summed E-state index contributed by atoms with van der Waals surface area (Å²) in [6.45, 7) is 9.79. The highest BCUT2D eigenvalue weighted by molar-refractivity contribution is 5.69. The molecule has 0 saturated carbocycles. The van der Waals surface area contributed by atoms with Crippen LogP contribution in [0, 0.1) is 5.92 Å². The molecule has 1 unspecified atom stereocenters. The van der Waals surface area contributed by atoms with Gasteiger partial charge in [-0.1, -0.05) is 13.8 Å². The van der Waals surface area contributed by atoms with Gasteiger partial charge >= 0.3 is 5.97 Å². The molecular weight excluding hydrogens is 232 g/mol. The van der Waals surface area contributed by atoms with Crippen molar-refractivity contribution in [3.05, 3.63) is 12.2 Å². The van der Waals surface area contributed by atoms with Gasteiger partial charge in [0.15, 0.2) is 0 Å². The summed E-state index contributed by atoms with van der Waals surface area (Å²) in [5.74, 6) is -0.261. The maximum atomic E-state index is 10.9. The molecule has 0 aliphatic carbocycles. The SMILES string of the molecule is CCN(Cc1ncnn1C(C)C)CC(C)C(=O)O. The number of carboxylic acids is 1. The molecule has 1 aromatic heterocycles. The lowest BCUT2D eigenvalue weighted by molar-refractivity contribution is -0.141. The van der Waals surface area contributed by atoms with Gasteiger partial charge in [-0.25, -0.2) is 9.67 Å². The topological polar surface area (TPSA) is 71.2 Å². The predicted molar refractivity (Wildman–Crippen MR) is 68.2 cm³/mol. The van der Waals surface area contributed by atoms with Crippen molar-refractivity contribution in [1.29, 1.82) is 0 Å². The molecule has 0 fully saturated rings. The van der Waals surface area contributed by atoms with E-state index in [0.29, 0.717) is 13.1 Å². The zero-order valence-electron chi connectivity index (χ0n) is 11.5. The molecule has 0 aromatic carbocycles. The van der Waals surface area contributed by atoms with Crippen molar-refractivity contribution < 1.29 is 9.90 Å². The molecule has 18 heavy (non-hydrogen) atoms. The van der Waals surface area contributed by atoms with Crippen molar-refractivity contribution in [2.24, 2.45) is 5.92 Å². The van der Waals surface area contributed by atoms with Crippen molar-refractivity contribution in [3.8, 4) is 0 Å². The van der Waals surface area contributed by atoms with E-state index in [2.05, 4.69) is 15.0 Å². The molecule has 0 aliphatic rings. The Balaban J connectivity index is 2.68. The first-order valence-electron chi connectivity index (χ1n) is 6.29. The summed E-state index contributed by atoms with van der Waals surface area (Å²) in [5.41, 5.74) is 0. The van der Waals surface area contributed by atoms with Crippen molar-refractivity contribution in [3.63, 3.8) is 0 Å². The van der Waals surface area contributed by atoms with E-state index in [1.165, 1.54) is 0 Å². The van der Waals surface area contributed by atoms with E-state index in [1.54, 1.807) is 13.3 Å². The molecule has 1 aromatic rings. The highest BCUT2D eigenvalue weighted by Crippen LogP contribution is 2.09. The second-order valence-corrected chi connectivity index (χ2v) is 4.78. The first kappa shape index (κ1) is 14.6. The molecule has 0 radical (unpaired) electrons. The minimum absolute atomic E-state index is 0.262. The molecular formula is C12H22N4O2. The van der Waals surface area contributed by atoms with Gasteiger partial charge in [-0.15, -0.1) is 0 Å². The maximum absolute atomic E-state index is 10.9. The highest BCUT2D eigenvalue weighted by atomic mass is 16.4. The fraction of sp³-hybridized carbons (Fsp3) is 0.750. The average molecular weight is 254 g/mol. The number of aliphatic carboxylic acids is 1. The van der Waals surface area contributed by atoms with Crippen molar-refractivity contribution in [2.75, 3.05) is 13.1 Å². The molecule has 0 saturated heterocycles. The van der Waals surface area contributed by atoms with Crippen LogP contribution < -0.4 is 0 Å². The standard InChI is InChI=1S/C12H22N4O2/c1-5-15(6-10(4)12(17)18)7-11-13-8-14-16(11)9(2)3/h8-10H,5-7H2,1-4H3,(H,17,18). The average Bonchev–Trinajstić information content (AvgIpc) is 2.75. The second kappa shape index (κ2) is 6.49. The lowest BCUT2D eigenvalue weighted by Gasteiger charge is -2.22. The third-order valence-corrected chi connectivity index (χ3v) is 2.90. The monoisotopic (exact) mass is 254 g/mol. The Hall–Kier alpha value is -1.43. The van der Waals surface area contributed by atoms with Gasteiger partial charge in [0.05, 0.1) is 12.5 Å². The minimum atomic E-state index is -0.765. The van der Waals surface area contributed by atoms with E-state index < -0.39 is 5.97 Å². The van der Waals surface area contributed by atoms with Crippen molar-refractivity contribution in [2.45, 2.75) is 40.3 Å². The summed E-state index contributed by atoms with van der Waals surface area (Å²) in [6, 6.07) is 0.262. The number of hydrogen-bond donors (Lipinski definition) is 1. The second-order valence-electron chi connectivity index (χ2n) is 4.78. The molecule has 0 aliphatic heterocycles. The summed E-state index contributed by atoms with van der Waals surface area (Å²) in [4.78, 5) is 17.2. The van der Waals surface area contributed by atoms with E-state index >= 15 is 0 Å². The van der Waals surface area contributed by atoms with Crippen LogP contribution in [-0.2, 0) is 11.3 Å². The van der Waals surface area contributed by atoms with Gasteiger partial charge in [0.1, 0.15) is 12.2 Å². The Morgan fingerprint density at radius 1 is 1.50 bits per heavy atom. The fourth-order valence-electron chi connectivity index (χ4n) is 1.79. The molecule has 1 heterocycles. The zero-order chi connectivity index (χ0) is 13.7. The van der Waals surface area contributed by atoms with E-state index in [1.807, 2.05) is 25.5 Å². The Kier molecular flexibility index (Phi) is 5.27. The predicted octanol–water partition coefficient (Wildman–Crippen LogP) is 1.40. The first-order chi connectivity index (χ1) is 8.45. The van der Waals surface area contributed by atoms with Crippen LogP contribution >= 0.6 is 0 Å². The molecule has 0 spiro atoms. The first-order valence-corrected chi connectivity index (χ1v) is 6.29. The van der Waals surface area contributed by atoms with Crippen LogP contribution in [0.25, 0.3) is 0 Å². The highest BCUT2D eigenvalue weighted by Gasteiger charge is 2.17. The van der Waals surface area contributed by atoms with Crippen LogP contribution in [0.3, 0.4) is 0 Å². The summed E-state index contributed by atoms with van der Waals surface area (Å²) in [7, 11) is 0. The molecule has 6 heteroatoms. The third kappa shape index (κ3) is 3.80. The van der Waals surface area contributed by atoms with Crippen LogP contribution in [-0.4, -0.2) is 43.8 Å². The Labute approximate surface area is 108 Å². The largest absolute Gasteiger partial charge is 0.481 e. The third-order valence-electron chi connectivity index (χ3n) is 2.90. The molecule has 1 N–H and O–H groups in total. The molecule has 6 nitrogen and oxygen atoms in total. The Morgan fingerprint density at radius 2 is 2.17 bits per heavy atom. The van der Waals surface area contributed by atoms with E-state index in [4.69, 9.17) is 5.11 Å². The number of nitrogens with zero attached hydrogens (tertiary/aromatic N) is 4. The lowest BCUT2D eigenvalue weighted by atomic mass is 10.1. The number of carboxylic acid groups (broad SMARTS) is 1. The summed E-state index contributed by atoms with van der Waals surface area (Å²) >= 11 is 0. The summed E-state index contributed by atoms with van der Waals surface area (Å²) < 4.78 is 1.87. The number of rotatable bonds is 7. The van der Waals surface area contributed by atoms with Gasteiger partial charge < -0.3 is 5.11 Å². The molecule has 102 valence electrons. The van der Waals surface area contributed by atoms with Crippen molar-refractivity contribution in [1.82, 2.24) is 19.7 Å². The van der Waals surface area contributed by atoms with Crippen LogP contribution in [0.15, 0.2) is 6.33 Å². The quantitative estimate of drug-likeness (QED) is 0.796. The van der Waals surface area contributed by atoms with Crippen molar-refractivity contribution >= 4 is 5.97 Å². The fourth-order valence-corrected chi connectivity index (χ4v) is 1.79. The van der Waals surface area contributed by atoms with Crippen LogP contribution in [0.4, 0.5) is 0 Å². The summed E-state index contributed by atoms with van der Waals surface area (Å²) in [5, 5.41) is 13.1. The normalized spacial score (nSPS) is 13.2. The van der Waals surface area contributed by atoms with Crippen LogP contribution in [0.5, 0.6) is 0 Å². The van der Waals surface area contributed by atoms with Gasteiger partial charge in [-0.05, 0) is 20.4 Å². The van der Waals surface area contributed by atoms with Crippen LogP contribution in [0.1, 0.15) is 39.6 Å². The zero-order valence-corrected chi connectivity index (χ0v) is 11.5. The minimum Gasteiger partial charge on any atom is -0.481 e. The molecule has 0 bridgehead atoms. The molecule has 1 atom stereocenters. The van der Waals surface area contributed by atoms with Gasteiger partial charge in [0.2, 0.25) is 0 Å². The number of hydrogen-bond acceptors (Lipinski definition) is 4. The maximum Gasteiger partial charge on any atom is 0.307 e. The molecule has 0 amide bonds. The van der Waals surface area contributed by atoms with E-state index in [-0.39, 0.29) is 12.0 Å². The summed E-state index contributed by atoms with van der Waals surface area (Å²) in [6.07, 6.45) is 1.55. The smallest absolute Gasteiger partial charge is 0.307 e.